The first kappa shape index (κ1) is 44.1. The smallest absolute Gasteiger partial charge is 0.355 e. The molecule has 2 atom stereocenters. The number of hydrogen-bond acceptors (Lipinski definition) is 14. The average molecular weight is 921 g/mol. The number of fused-ring (bicyclic) bond motifs is 1. The Morgan fingerprint density at radius 2 is 1.52 bits per heavy atom. The highest BCUT2D eigenvalue weighted by molar-refractivity contribution is 8.00. The van der Waals surface area contributed by atoms with E-state index in [-0.39, 0.29) is 47.4 Å². The molecular formula is C46H44N6O9S3. The minimum atomic E-state index is -3.95. The highest BCUT2D eigenvalue weighted by Gasteiger charge is 2.55. The third-order valence-corrected chi connectivity index (χ3v) is 14.6. The van der Waals surface area contributed by atoms with Crippen LogP contribution >= 0.6 is 23.1 Å². The van der Waals surface area contributed by atoms with E-state index < -0.39 is 56.2 Å². The van der Waals surface area contributed by atoms with Crippen LogP contribution in [0.3, 0.4) is 0 Å². The molecule has 15 nitrogen and oxygen atoms in total. The molecular weight excluding hydrogens is 877 g/mol. The summed E-state index contributed by atoms with van der Waals surface area (Å²) in [4.78, 5) is 66.7. The number of methoxy groups -OCH3 is 1. The summed E-state index contributed by atoms with van der Waals surface area (Å²) >= 11 is 2.45. The van der Waals surface area contributed by atoms with Crippen LogP contribution in [0.4, 0.5) is 5.13 Å². The molecule has 5 aromatic rings. The zero-order valence-electron chi connectivity index (χ0n) is 34.8. The fourth-order valence-corrected chi connectivity index (χ4v) is 11.8. The number of ether oxygens (including phenoxy) is 2. The molecule has 2 N–H and O–H groups in total. The first-order chi connectivity index (χ1) is 31.0. The number of thiazole rings is 1. The Kier molecular flexibility index (Phi) is 13.2. The molecule has 18 heteroatoms. The predicted octanol–water partition coefficient (Wildman–Crippen LogP) is 5.30. The van der Waals surface area contributed by atoms with E-state index in [0.717, 1.165) is 16.7 Å². The van der Waals surface area contributed by atoms with Gasteiger partial charge in [0.05, 0.1) is 12.9 Å². The van der Waals surface area contributed by atoms with Crippen molar-refractivity contribution in [3.63, 3.8) is 0 Å². The van der Waals surface area contributed by atoms with Crippen molar-refractivity contribution in [2.24, 2.45) is 5.16 Å². The molecule has 330 valence electrons. The summed E-state index contributed by atoms with van der Waals surface area (Å²) in [5, 5.41) is 11.8. The number of nitrogens with zero attached hydrogens (tertiary/aromatic N) is 4. The van der Waals surface area contributed by atoms with Crippen LogP contribution in [0.2, 0.25) is 0 Å². The summed E-state index contributed by atoms with van der Waals surface area (Å²) in [6.07, 6.45) is 0.824. The van der Waals surface area contributed by atoms with E-state index in [1.807, 2.05) is 91.0 Å². The Balaban J connectivity index is 1.04. The molecule has 8 rings (SSSR count). The summed E-state index contributed by atoms with van der Waals surface area (Å²) in [7, 11) is -1.13. The Labute approximate surface area is 378 Å². The molecule has 0 saturated carbocycles. The number of hydrogen-bond donors (Lipinski definition) is 2. The van der Waals surface area contributed by atoms with Crippen molar-refractivity contribution in [2.75, 3.05) is 43.5 Å². The first-order valence-corrected chi connectivity index (χ1v) is 24.0. The van der Waals surface area contributed by atoms with Crippen molar-refractivity contribution in [2.45, 2.75) is 36.4 Å². The highest BCUT2D eigenvalue weighted by Crippen LogP contribution is 2.43. The van der Waals surface area contributed by atoms with Gasteiger partial charge in [0.1, 0.15) is 53.7 Å². The molecule has 0 aliphatic carbocycles. The molecule has 64 heavy (non-hydrogen) atoms. The van der Waals surface area contributed by atoms with Gasteiger partial charge in [-0.2, -0.15) is 0 Å². The molecule has 2 saturated heterocycles. The van der Waals surface area contributed by atoms with Gasteiger partial charge in [-0.05, 0) is 46.4 Å². The van der Waals surface area contributed by atoms with Gasteiger partial charge in [0, 0.05) is 24.1 Å². The van der Waals surface area contributed by atoms with Crippen LogP contribution in [0.5, 0.6) is 5.75 Å². The average Bonchev–Trinajstić information content (AvgIpc) is 3.96. The Morgan fingerprint density at radius 1 is 0.891 bits per heavy atom. The highest BCUT2D eigenvalue weighted by atomic mass is 32.2. The fourth-order valence-electron chi connectivity index (χ4n) is 8.00. The number of β-lactam (4-membered cyclic amide) rings is 1. The van der Waals surface area contributed by atoms with Crippen LogP contribution in [0, 0.1) is 0 Å². The van der Waals surface area contributed by atoms with Gasteiger partial charge in [-0.3, -0.25) is 19.3 Å². The van der Waals surface area contributed by atoms with Crippen LogP contribution in [0.15, 0.2) is 137 Å². The number of esters is 1. The molecule has 0 bridgehead atoms. The number of thioether (sulfide) groups is 1. The SMILES string of the molecule is CO/N=C(\C(=O)NC1C(=O)N2C(C(=O)OCc3ccc(OC)cc3)=C(CS(=O)(=O)CN3CCCC3=O)CS[C@H]12)c1csc(NC(c2ccccc2)(c2ccccc2)c2ccccc2)n1. The molecule has 4 heterocycles. The van der Waals surface area contributed by atoms with Gasteiger partial charge in [-0.15, -0.1) is 23.1 Å². The van der Waals surface area contributed by atoms with E-state index in [9.17, 15) is 27.6 Å². The van der Waals surface area contributed by atoms with E-state index in [0.29, 0.717) is 29.4 Å². The number of anilines is 1. The lowest BCUT2D eigenvalue weighted by atomic mass is 9.77. The largest absolute Gasteiger partial charge is 0.497 e. The fraction of sp³-hybridized carbons (Fsp3) is 0.261. The van der Waals surface area contributed by atoms with Crippen LogP contribution in [-0.4, -0.2) is 102 Å². The topological polar surface area (TPSA) is 186 Å². The number of nitrogens with one attached hydrogen (secondary N) is 2. The first-order valence-electron chi connectivity index (χ1n) is 20.3. The maximum absolute atomic E-state index is 14.1. The number of oxime groups is 1. The van der Waals surface area contributed by atoms with Crippen molar-refractivity contribution >= 4 is 67.5 Å². The number of amides is 3. The van der Waals surface area contributed by atoms with Crippen LogP contribution < -0.4 is 15.4 Å². The van der Waals surface area contributed by atoms with E-state index in [1.165, 1.54) is 47.1 Å². The minimum Gasteiger partial charge on any atom is -0.497 e. The lowest BCUT2D eigenvalue weighted by Crippen LogP contribution is -2.71. The number of carbonyl (C=O) groups is 4. The molecule has 3 amide bonds. The van der Waals surface area contributed by atoms with Crippen molar-refractivity contribution in [1.29, 1.82) is 0 Å². The van der Waals surface area contributed by atoms with Crippen molar-refractivity contribution in [3.8, 4) is 5.75 Å². The number of likely N-dealkylation sites (tertiary alicyclic amines) is 1. The summed E-state index contributed by atoms with van der Waals surface area (Å²) in [6.45, 7) is 0.152. The van der Waals surface area contributed by atoms with Crippen LogP contribution in [-0.2, 0) is 50.7 Å². The zero-order chi connectivity index (χ0) is 44.8. The molecule has 0 spiro atoms. The van der Waals surface area contributed by atoms with E-state index >= 15 is 0 Å². The third kappa shape index (κ3) is 9.11. The van der Waals surface area contributed by atoms with Gasteiger partial charge in [-0.1, -0.05) is 108 Å². The second-order valence-electron chi connectivity index (χ2n) is 15.1. The normalized spacial score (nSPS) is 17.7. The lowest BCUT2D eigenvalue weighted by Gasteiger charge is -2.49. The van der Waals surface area contributed by atoms with E-state index in [1.54, 1.807) is 29.6 Å². The van der Waals surface area contributed by atoms with Gasteiger partial charge < -0.3 is 29.8 Å². The number of benzene rings is 4. The number of carbonyl (C=O) groups excluding carboxylic acids is 4. The number of rotatable bonds is 17. The van der Waals surface area contributed by atoms with Crippen molar-refractivity contribution in [3.05, 3.63) is 160 Å². The summed E-state index contributed by atoms with van der Waals surface area (Å²) < 4.78 is 37.8. The zero-order valence-corrected chi connectivity index (χ0v) is 37.3. The monoisotopic (exact) mass is 920 g/mol. The maximum atomic E-state index is 14.1. The third-order valence-electron chi connectivity index (χ3n) is 11.0. The van der Waals surface area contributed by atoms with Gasteiger partial charge >= 0.3 is 5.97 Å². The van der Waals surface area contributed by atoms with Crippen LogP contribution in [0.25, 0.3) is 0 Å². The molecule has 3 aliphatic heterocycles. The lowest BCUT2D eigenvalue weighted by molar-refractivity contribution is -0.153. The van der Waals surface area contributed by atoms with Crippen molar-refractivity contribution < 1.29 is 41.9 Å². The van der Waals surface area contributed by atoms with Gasteiger partial charge in [0.15, 0.2) is 20.7 Å². The van der Waals surface area contributed by atoms with Gasteiger partial charge in [0.2, 0.25) is 5.91 Å². The Hall–Kier alpha value is -6.50. The number of sulfone groups is 1. The Morgan fingerprint density at radius 3 is 2.08 bits per heavy atom. The molecule has 3 aliphatic rings. The molecule has 1 aromatic heterocycles. The second-order valence-corrected chi connectivity index (χ2v) is 19.1. The summed E-state index contributed by atoms with van der Waals surface area (Å²) in [5.41, 5.74) is 2.53. The maximum Gasteiger partial charge on any atom is 0.355 e. The van der Waals surface area contributed by atoms with Crippen LogP contribution in [0.1, 0.15) is 40.8 Å². The standard InChI is InChI=1S/C46H44N6O9S3/c1-59-35-22-20-30(21-23-35)25-61-44(56)40-31(28-64(57,58)29-51-24-12-19-37(51)53)26-62-43-39(42(55)52(40)43)48-41(54)38(50-60-2)36-27-63-45(47-36)49-46(32-13-6-3-7-14-32,33-15-8-4-9-16-33)34-17-10-5-11-18-34/h3-11,13-18,20-23,27,39,43H,12,19,24-26,28-29H2,1-2H3,(H,47,49)(H,48,54)/b50-38-/t39?,43-/m1/s1. The predicted molar refractivity (Wildman–Crippen MR) is 243 cm³/mol. The molecule has 4 aromatic carbocycles. The second kappa shape index (κ2) is 19.1. The van der Waals surface area contributed by atoms with E-state index in [2.05, 4.69) is 15.8 Å². The summed E-state index contributed by atoms with van der Waals surface area (Å²) in [5.74, 6) is -3.00. The van der Waals surface area contributed by atoms with E-state index in [4.69, 9.17) is 19.3 Å². The Bertz CT molecular complexity index is 2600. The minimum absolute atomic E-state index is 0.0348. The van der Waals surface area contributed by atoms with Gasteiger partial charge in [-0.25, -0.2) is 18.2 Å². The summed E-state index contributed by atoms with van der Waals surface area (Å²) in [6, 6.07) is 35.6. The molecule has 0 radical (unpaired) electrons. The molecule has 2 fully saturated rings. The number of aromatic nitrogens is 1. The van der Waals surface area contributed by atoms with Crippen molar-refractivity contribution in [1.82, 2.24) is 20.1 Å². The van der Waals surface area contributed by atoms with Gasteiger partial charge in [0.25, 0.3) is 11.8 Å². The quantitative estimate of drug-likeness (QED) is 0.0404. The molecule has 1 unspecified atom stereocenters.